The molecule has 5 nitrogen and oxygen atoms in total. The van der Waals surface area contributed by atoms with Crippen LogP contribution in [0.4, 0.5) is 0 Å². The Morgan fingerprint density at radius 1 is 1.16 bits per heavy atom. The van der Waals surface area contributed by atoms with Crippen molar-refractivity contribution in [2.75, 3.05) is 19.8 Å². The summed E-state index contributed by atoms with van der Waals surface area (Å²) < 4.78 is 5.37. The van der Waals surface area contributed by atoms with Crippen molar-refractivity contribution in [2.45, 2.75) is 57.2 Å². The molecule has 2 amide bonds. The molecule has 3 aliphatic heterocycles. The fraction of sp³-hybridized carbons (Fsp3) is 0.857. The average molecular weight is 266 g/mol. The maximum Gasteiger partial charge on any atom is 0.246 e. The van der Waals surface area contributed by atoms with Crippen LogP contribution in [0.3, 0.4) is 0 Å². The highest BCUT2D eigenvalue weighted by Gasteiger charge is 2.49. The highest BCUT2D eigenvalue weighted by molar-refractivity contribution is 5.97. The molecule has 0 aliphatic carbocycles. The molecule has 106 valence electrons. The van der Waals surface area contributed by atoms with Gasteiger partial charge in [0.2, 0.25) is 11.8 Å². The molecule has 3 aliphatic rings. The van der Waals surface area contributed by atoms with E-state index in [2.05, 4.69) is 0 Å². The molecule has 0 aromatic heterocycles. The Morgan fingerprint density at radius 2 is 1.89 bits per heavy atom. The SMILES string of the molecule is CCC1C(=O)N2CCCC2C(=O)N1C1CCOCC1. The van der Waals surface area contributed by atoms with E-state index in [1.54, 1.807) is 0 Å². The van der Waals surface area contributed by atoms with Gasteiger partial charge in [-0.2, -0.15) is 0 Å². The van der Waals surface area contributed by atoms with Gasteiger partial charge in [-0.1, -0.05) is 6.92 Å². The monoisotopic (exact) mass is 266 g/mol. The van der Waals surface area contributed by atoms with Gasteiger partial charge in [-0.3, -0.25) is 9.59 Å². The zero-order valence-corrected chi connectivity index (χ0v) is 11.5. The van der Waals surface area contributed by atoms with Crippen molar-refractivity contribution in [3.63, 3.8) is 0 Å². The highest BCUT2D eigenvalue weighted by atomic mass is 16.5. The first-order valence-electron chi connectivity index (χ1n) is 7.44. The Kier molecular flexibility index (Phi) is 3.48. The molecule has 5 heteroatoms. The Bertz CT molecular complexity index is 379. The summed E-state index contributed by atoms with van der Waals surface area (Å²) in [5.74, 6) is 0.340. The predicted octanol–water partition coefficient (Wildman–Crippen LogP) is 0.777. The van der Waals surface area contributed by atoms with Crippen molar-refractivity contribution in [3.05, 3.63) is 0 Å². The number of amides is 2. The van der Waals surface area contributed by atoms with Gasteiger partial charge < -0.3 is 14.5 Å². The van der Waals surface area contributed by atoms with Gasteiger partial charge in [0, 0.05) is 25.8 Å². The third kappa shape index (κ3) is 2.04. The van der Waals surface area contributed by atoms with Gasteiger partial charge in [-0.15, -0.1) is 0 Å². The smallest absolute Gasteiger partial charge is 0.246 e. The lowest BCUT2D eigenvalue weighted by Gasteiger charge is -2.46. The van der Waals surface area contributed by atoms with Gasteiger partial charge in [0.15, 0.2) is 0 Å². The van der Waals surface area contributed by atoms with E-state index in [-0.39, 0.29) is 29.9 Å². The third-order valence-corrected chi connectivity index (χ3v) is 4.67. The molecule has 3 heterocycles. The summed E-state index contributed by atoms with van der Waals surface area (Å²) in [5.41, 5.74) is 0. The Labute approximate surface area is 113 Å². The van der Waals surface area contributed by atoms with Crippen LogP contribution in [0.5, 0.6) is 0 Å². The molecule has 2 unspecified atom stereocenters. The number of nitrogens with zero attached hydrogens (tertiary/aromatic N) is 2. The molecule has 0 radical (unpaired) electrons. The number of piperazine rings is 1. The summed E-state index contributed by atoms with van der Waals surface area (Å²) in [6.45, 7) is 4.16. The van der Waals surface area contributed by atoms with Gasteiger partial charge in [0.25, 0.3) is 0 Å². The Hall–Kier alpha value is -1.10. The standard InChI is InChI=1S/C14H22N2O3/c1-2-11-13(17)15-7-3-4-12(15)14(18)16(11)10-5-8-19-9-6-10/h10-12H,2-9H2,1H3. The van der Waals surface area contributed by atoms with Crippen LogP contribution in [0.2, 0.25) is 0 Å². The van der Waals surface area contributed by atoms with Crippen LogP contribution in [0.15, 0.2) is 0 Å². The summed E-state index contributed by atoms with van der Waals surface area (Å²) in [5, 5.41) is 0. The van der Waals surface area contributed by atoms with Crippen LogP contribution >= 0.6 is 0 Å². The van der Waals surface area contributed by atoms with Crippen molar-refractivity contribution in [1.29, 1.82) is 0 Å². The molecule has 0 spiro atoms. The minimum absolute atomic E-state index is 0.163. The molecular formula is C14H22N2O3. The molecule has 0 aromatic carbocycles. The van der Waals surface area contributed by atoms with E-state index in [1.807, 2.05) is 16.7 Å². The molecule has 3 saturated heterocycles. The number of hydrogen-bond acceptors (Lipinski definition) is 3. The van der Waals surface area contributed by atoms with Crippen molar-refractivity contribution >= 4 is 11.8 Å². The quantitative estimate of drug-likeness (QED) is 0.742. The molecule has 0 bridgehead atoms. The lowest BCUT2D eigenvalue weighted by Crippen LogP contribution is -2.65. The molecule has 19 heavy (non-hydrogen) atoms. The van der Waals surface area contributed by atoms with E-state index >= 15 is 0 Å². The van der Waals surface area contributed by atoms with Gasteiger partial charge in [0.05, 0.1) is 0 Å². The number of rotatable bonds is 2. The number of ether oxygens (including phenoxy) is 1. The maximum absolute atomic E-state index is 12.7. The van der Waals surface area contributed by atoms with Gasteiger partial charge >= 0.3 is 0 Å². The molecule has 0 aromatic rings. The molecule has 0 N–H and O–H groups in total. The van der Waals surface area contributed by atoms with E-state index in [0.29, 0.717) is 19.6 Å². The fourth-order valence-corrected chi connectivity index (χ4v) is 3.69. The fourth-order valence-electron chi connectivity index (χ4n) is 3.69. The summed E-state index contributed by atoms with van der Waals surface area (Å²) in [4.78, 5) is 29.0. The van der Waals surface area contributed by atoms with Crippen LogP contribution in [0.25, 0.3) is 0 Å². The predicted molar refractivity (Wildman–Crippen MR) is 69.5 cm³/mol. The maximum atomic E-state index is 12.7. The lowest BCUT2D eigenvalue weighted by molar-refractivity contribution is -0.164. The second-order valence-electron chi connectivity index (χ2n) is 5.70. The second-order valence-corrected chi connectivity index (χ2v) is 5.70. The largest absolute Gasteiger partial charge is 0.381 e. The van der Waals surface area contributed by atoms with Gasteiger partial charge in [0.1, 0.15) is 12.1 Å². The van der Waals surface area contributed by atoms with Crippen LogP contribution in [0, 0.1) is 0 Å². The molecule has 2 atom stereocenters. The van der Waals surface area contributed by atoms with Crippen molar-refractivity contribution in [2.24, 2.45) is 0 Å². The molecule has 3 rings (SSSR count). The minimum Gasteiger partial charge on any atom is -0.381 e. The van der Waals surface area contributed by atoms with Crippen molar-refractivity contribution in [3.8, 4) is 0 Å². The van der Waals surface area contributed by atoms with Gasteiger partial charge in [-0.05, 0) is 32.1 Å². The van der Waals surface area contributed by atoms with Crippen molar-refractivity contribution in [1.82, 2.24) is 9.80 Å². The first kappa shape index (κ1) is 12.9. The van der Waals surface area contributed by atoms with Crippen LogP contribution in [0.1, 0.15) is 39.0 Å². The minimum atomic E-state index is -0.245. The zero-order valence-electron chi connectivity index (χ0n) is 11.5. The summed E-state index contributed by atoms with van der Waals surface area (Å²) in [7, 11) is 0. The number of carbonyl (C=O) groups is 2. The average Bonchev–Trinajstić information content (AvgIpc) is 2.93. The van der Waals surface area contributed by atoms with E-state index in [1.165, 1.54) is 0 Å². The first-order chi connectivity index (χ1) is 9.24. The zero-order chi connectivity index (χ0) is 13.4. The van der Waals surface area contributed by atoms with E-state index in [0.717, 1.165) is 32.2 Å². The Morgan fingerprint density at radius 3 is 2.58 bits per heavy atom. The molecular weight excluding hydrogens is 244 g/mol. The van der Waals surface area contributed by atoms with E-state index in [4.69, 9.17) is 4.74 Å². The number of hydrogen-bond donors (Lipinski definition) is 0. The van der Waals surface area contributed by atoms with Crippen LogP contribution in [-0.4, -0.2) is 59.5 Å². The van der Waals surface area contributed by atoms with Crippen LogP contribution in [-0.2, 0) is 14.3 Å². The lowest BCUT2D eigenvalue weighted by atomic mass is 9.97. The second kappa shape index (κ2) is 5.12. The molecule has 3 fully saturated rings. The van der Waals surface area contributed by atoms with E-state index < -0.39 is 0 Å². The summed E-state index contributed by atoms with van der Waals surface area (Å²) >= 11 is 0. The topological polar surface area (TPSA) is 49.9 Å². The Balaban J connectivity index is 1.86. The summed E-state index contributed by atoms with van der Waals surface area (Å²) in [6.07, 6.45) is 4.23. The number of carbonyl (C=O) groups excluding carboxylic acids is 2. The summed E-state index contributed by atoms with van der Waals surface area (Å²) in [6, 6.07) is -0.235. The number of fused-ring (bicyclic) bond motifs is 1. The molecule has 0 saturated carbocycles. The van der Waals surface area contributed by atoms with Crippen LogP contribution < -0.4 is 0 Å². The first-order valence-corrected chi connectivity index (χ1v) is 7.44. The van der Waals surface area contributed by atoms with E-state index in [9.17, 15) is 9.59 Å². The third-order valence-electron chi connectivity index (χ3n) is 4.67. The highest BCUT2D eigenvalue weighted by Crippen LogP contribution is 2.31. The van der Waals surface area contributed by atoms with Gasteiger partial charge in [-0.25, -0.2) is 0 Å². The van der Waals surface area contributed by atoms with Crippen molar-refractivity contribution < 1.29 is 14.3 Å². The normalized spacial score (nSPS) is 32.9.